The van der Waals surface area contributed by atoms with Gasteiger partial charge in [0, 0.05) is 38.2 Å². The molecule has 11 heteroatoms. The summed E-state index contributed by atoms with van der Waals surface area (Å²) in [6, 6.07) is 9.17. The van der Waals surface area contributed by atoms with Crippen molar-refractivity contribution in [2.45, 2.75) is 30.9 Å². The van der Waals surface area contributed by atoms with E-state index >= 15 is 0 Å². The summed E-state index contributed by atoms with van der Waals surface area (Å²) in [5.41, 5.74) is 0.579. The number of nitrogens with zero attached hydrogens (tertiary/aromatic N) is 2. The van der Waals surface area contributed by atoms with Gasteiger partial charge in [0.15, 0.2) is 0 Å². The van der Waals surface area contributed by atoms with Gasteiger partial charge in [0.1, 0.15) is 29.2 Å². The molecule has 200 valence electrons. The Labute approximate surface area is 217 Å². The van der Waals surface area contributed by atoms with Crippen molar-refractivity contribution in [1.29, 1.82) is 0 Å². The second kappa shape index (κ2) is 12.4. The Bertz CT molecular complexity index is 1280. The highest BCUT2D eigenvalue weighted by molar-refractivity contribution is 7.89. The molecule has 1 aliphatic heterocycles. The van der Waals surface area contributed by atoms with Gasteiger partial charge in [0.2, 0.25) is 10.0 Å². The van der Waals surface area contributed by atoms with Gasteiger partial charge < -0.3 is 24.8 Å². The van der Waals surface area contributed by atoms with Crippen LogP contribution in [0.5, 0.6) is 5.75 Å². The summed E-state index contributed by atoms with van der Waals surface area (Å²) < 4.78 is 53.5. The summed E-state index contributed by atoms with van der Waals surface area (Å²) >= 11 is 0. The summed E-state index contributed by atoms with van der Waals surface area (Å²) in [4.78, 5) is 14.1. The zero-order valence-corrected chi connectivity index (χ0v) is 22.1. The first kappa shape index (κ1) is 28.4. The fourth-order valence-electron chi connectivity index (χ4n) is 3.86. The Morgan fingerprint density at radius 3 is 2.76 bits per heavy atom. The van der Waals surface area contributed by atoms with Crippen LogP contribution in [0.25, 0.3) is 0 Å². The van der Waals surface area contributed by atoms with Gasteiger partial charge in [-0.15, -0.1) is 0 Å². The van der Waals surface area contributed by atoms with E-state index in [-0.39, 0.29) is 48.6 Å². The van der Waals surface area contributed by atoms with Crippen molar-refractivity contribution in [3.05, 3.63) is 53.8 Å². The van der Waals surface area contributed by atoms with E-state index in [4.69, 9.17) is 9.47 Å². The molecule has 0 aromatic heterocycles. The van der Waals surface area contributed by atoms with E-state index in [1.54, 1.807) is 32.2 Å². The standard InChI is InChI=1S/C26H32FN3O6S/c1-18-15-30(19(2)17-31)37(33,34)25-12-11-20(8-7-13-35-4)14-23(25)36-24(18)16-29(3)26(32)28-22-10-6-5-9-21(22)27/h5-6,9-12,14,18-19,24,31H,13,15-17H2,1-4H3,(H,28,32)/t18-,19+,24-/m1/s1. The monoisotopic (exact) mass is 533 g/mol. The number of carbonyl (C=O) groups excluding carboxylic acids is 1. The molecule has 1 aliphatic rings. The lowest BCUT2D eigenvalue weighted by Gasteiger charge is -2.37. The zero-order valence-electron chi connectivity index (χ0n) is 21.3. The minimum atomic E-state index is -4.00. The lowest BCUT2D eigenvalue weighted by Crippen LogP contribution is -2.50. The molecule has 0 saturated carbocycles. The molecule has 0 unspecified atom stereocenters. The summed E-state index contributed by atoms with van der Waals surface area (Å²) in [5, 5.41) is 12.3. The number of aliphatic hydroxyl groups is 1. The zero-order chi connectivity index (χ0) is 27.2. The first-order valence-corrected chi connectivity index (χ1v) is 13.2. The quantitative estimate of drug-likeness (QED) is 0.553. The number of amides is 2. The highest BCUT2D eigenvalue weighted by Crippen LogP contribution is 2.34. The number of urea groups is 1. The number of ether oxygens (including phenoxy) is 2. The van der Waals surface area contributed by atoms with Crippen molar-refractivity contribution in [3.8, 4) is 17.6 Å². The molecule has 0 radical (unpaired) electrons. The summed E-state index contributed by atoms with van der Waals surface area (Å²) in [7, 11) is -0.936. The summed E-state index contributed by atoms with van der Waals surface area (Å²) in [5.74, 6) is 4.90. The number of para-hydroxylation sites is 1. The SMILES string of the molecule is COCC#Cc1ccc2c(c1)O[C@H](CN(C)C(=O)Nc1ccccc1F)[C@H](C)CN([C@@H](C)CO)S2(=O)=O. The number of rotatable bonds is 6. The number of hydrogen-bond donors (Lipinski definition) is 2. The minimum Gasteiger partial charge on any atom is -0.487 e. The van der Waals surface area contributed by atoms with Crippen LogP contribution in [-0.4, -0.2) is 81.4 Å². The number of anilines is 1. The fraction of sp³-hybridized carbons (Fsp3) is 0.423. The van der Waals surface area contributed by atoms with E-state index in [9.17, 15) is 22.7 Å². The van der Waals surface area contributed by atoms with Crippen LogP contribution < -0.4 is 10.1 Å². The van der Waals surface area contributed by atoms with Crippen molar-refractivity contribution < 1.29 is 32.2 Å². The number of hydrogen-bond acceptors (Lipinski definition) is 6. The minimum absolute atomic E-state index is 0.0460. The Balaban J connectivity index is 1.95. The molecule has 3 atom stereocenters. The Kier molecular flexibility index (Phi) is 9.50. The van der Waals surface area contributed by atoms with E-state index in [0.717, 1.165) is 0 Å². The lowest BCUT2D eigenvalue weighted by atomic mass is 10.0. The molecular weight excluding hydrogens is 501 g/mol. The van der Waals surface area contributed by atoms with E-state index in [1.165, 1.54) is 40.6 Å². The average molecular weight is 534 g/mol. The van der Waals surface area contributed by atoms with Crippen LogP contribution in [0.15, 0.2) is 47.4 Å². The lowest BCUT2D eigenvalue weighted by molar-refractivity contribution is 0.0830. The molecule has 2 N–H and O–H groups in total. The number of likely N-dealkylation sites (N-methyl/N-ethyl adjacent to an activating group) is 1. The van der Waals surface area contributed by atoms with Crippen molar-refractivity contribution in [2.24, 2.45) is 5.92 Å². The topological polar surface area (TPSA) is 108 Å². The fourth-order valence-corrected chi connectivity index (χ4v) is 5.68. The molecule has 9 nitrogen and oxygen atoms in total. The molecule has 2 aromatic rings. The summed E-state index contributed by atoms with van der Waals surface area (Å²) in [6.07, 6.45) is -0.624. The maximum atomic E-state index is 14.0. The van der Waals surface area contributed by atoms with Crippen LogP contribution in [0, 0.1) is 23.6 Å². The van der Waals surface area contributed by atoms with Gasteiger partial charge in [-0.2, -0.15) is 4.31 Å². The normalized spacial score (nSPS) is 19.7. The van der Waals surface area contributed by atoms with Crippen LogP contribution in [-0.2, 0) is 14.8 Å². The first-order valence-electron chi connectivity index (χ1n) is 11.8. The van der Waals surface area contributed by atoms with E-state index < -0.39 is 34.0 Å². The van der Waals surface area contributed by atoms with Gasteiger partial charge in [0.05, 0.1) is 18.8 Å². The van der Waals surface area contributed by atoms with Crippen molar-refractivity contribution >= 4 is 21.7 Å². The molecule has 37 heavy (non-hydrogen) atoms. The second-order valence-corrected chi connectivity index (χ2v) is 10.8. The maximum Gasteiger partial charge on any atom is 0.321 e. The predicted molar refractivity (Wildman–Crippen MR) is 137 cm³/mol. The predicted octanol–water partition coefficient (Wildman–Crippen LogP) is 2.76. The van der Waals surface area contributed by atoms with Crippen molar-refractivity contribution in [1.82, 2.24) is 9.21 Å². The Morgan fingerprint density at radius 2 is 2.08 bits per heavy atom. The molecule has 1 heterocycles. The first-order chi connectivity index (χ1) is 17.6. The maximum absolute atomic E-state index is 14.0. The number of nitrogens with one attached hydrogen (secondary N) is 1. The van der Waals surface area contributed by atoms with Crippen LogP contribution in [0.3, 0.4) is 0 Å². The summed E-state index contributed by atoms with van der Waals surface area (Å²) in [6.45, 7) is 3.43. The van der Waals surface area contributed by atoms with Crippen molar-refractivity contribution in [2.75, 3.05) is 45.8 Å². The number of methoxy groups -OCH3 is 1. The molecule has 0 bridgehead atoms. The van der Waals surface area contributed by atoms with E-state index in [0.29, 0.717) is 5.56 Å². The highest BCUT2D eigenvalue weighted by Gasteiger charge is 2.38. The molecule has 0 saturated heterocycles. The van der Waals surface area contributed by atoms with Gasteiger partial charge in [-0.25, -0.2) is 17.6 Å². The average Bonchev–Trinajstić information content (AvgIpc) is 2.87. The molecule has 3 rings (SSSR count). The highest BCUT2D eigenvalue weighted by atomic mass is 32.2. The van der Waals surface area contributed by atoms with Gasteiger partial charge >= 0.3 is 6.03 Å². The van der Waals surface area contributed by atoms with Crippen LogP contribution in [0.2, 0.25) is 0 Å². The Morgan fingerprint density at radius 1 is 1.35 bits per heavy atom. The molecule has 0 aliphatic carbocycles. The number of benzene rings is 2. The third-order valence-corrected chi connectivity index (χ3v) is 8.05. The van der Waals surface area contributed by atoms with E-state index in [2.05, 4.69) is 17.2 Å². The number of sulfonamides is 1. The largest absolute Gasteiger partial charge is 0.487 e. The number of fused-ring (bicyclic) bond motifs is 1. The van der Waals surface area contributed by atoms with Crippen LogP contribution >= 0.6 is 0 Å². The van der Waals surface area contributed by atoms with E-state index in [1.807, 2.05) is 6.92 Å². The third kappa shape index (κ3) is 6.78. The van der Waals surface area contributed by atoms with Gasteiger partial charge in [-0.05, 0) is 37.3 Å². The smallest absolute Gasteiger partial charge is 0.321 e. The molecule has 2 amide bonds. The number of carbonyl (C=O) groups is 1. The van der Waals surface area contributed by atoms with Gasteiger partial charge in [-0.1, -0.05) is 30.9 Å². The third-order valence-electron chi connectivity index (χ3n) is 6.03. The Hall–Kier alpha value is -3.17. The van der Waals surface area contributed by atoms with Crippen LogP contribution in [0.1, 0.15) is 19.4 Å². The van der Waals surface area contributed by atoms with Gasteiger partial charge in [-0.3, -0.25) is 0 Å². The van der Waals surface area contributed by atoms with Crippen molar-refractivity contribution in [3.63, 3.8) is 0 Å². The molecule has 0 spiro atoms. The second-order valence-electron chi connectivity index (χ2n) is 8.93. The molecule has 2 aromatic carbocycles. The van der Waals surface area contributed by atoms with Gasteiger partial charge in [0.25, 0.3) is 0 Å². The molecule has 0 fully saturated rings. The number of aliphatic hydroxyl groups excluding tert-OH is 1. The van der Waals surface area contributed by atoms with Crippen LogP contribution in [0.4, 0.5) is 14.9 Å². The number of halogens is 1. The molecular formula is C26H32FN3O6S.